The molecule has 1 aromatic rings. The molecule has 0 amide bonds. The summed E-state index contributed by atoms with van der Waals surface area (Å²) in [5, 5.41) is 10.5. The molecule has 0 saturated heterocycles. The Morgan fingerprint density at radius 2 is 2.11 bits per heavy atom. The van der Waals surface area contributed by atoms with Crippen LogP contribution in [-0.2, 0) is 9.73 Å². The lowest BCUT2D eigenvalue weighted by Gasteiger charge is -2.14. The summed E-state index contributed by atoms with van der Waals surface area (Å²) >= 11 is 0. The molecule has 2 aliphatic rings. The second-order valence-corrected chi connectivity index (χ2v) is 8.66. The zero-order valence-corrected chi connectivity index (χ0v) is 15.2. The minimum atomic E-state index is -4.62. The zero-order valence-electron chi connectivity index (χ0n) is 14.4. The Kier molecular flexibility index (Phi) is 4.94. The standard InChI is InChI=1S/C17H18F3N5OS/c1-2-27(22,26)14-5-11(10-3-4-10)7-24-16(14)25-9-12-8-23-15(6-13(12)21)17(18,19)20/h5-10,21-22H,2-4H2,1H3,(H,24,25)/b12-9-,21-13?. The maximum atomic E-state index is 12.6. The number of nitrogens with one attached hydrogen (secondary N) is 3. The minimum absolute atomic E-state index is 0.114. The lowest BCUT2D eigenvalue weighted by molar-refractivity contribution is -0.0922. The molecule has 0 spiro atoms. The molecule has 1 aromatic heterocycles. The van der Waals surface area contributed by atoms with Crippen LogP contribution in [0, 0.1) is 10.2 Å². The van der Waals surface area contributed by atoms with Crippen molar-refractivity contribution in [3.63, 3.8) is 0 Å². The number of aliphatic imine (C=N–C) groups is 1. The molecule has 27 heavy (non-hydrogen) atoms. The van der Waals surface area contributed by atoms with Gasteiger partial charge in [0.2, 0.25) is 0 Å². The highest BCUT2D eigenvalue weighted by atomic mass is 32.2. The summed E-state index contributed by atoms with van der Waals surface area (Å²) in [6, 6.07) is 1.71. The largest absolute Gasteiger partial charge is 0.433 e. The molecule has 1 saturated carbocycles. The summed E-state index contributed by atoms with van der Waals surface area (Å²) in [7, 11) is -3.05. The molecule has 0 radical (unpaired) electrons. The lowest BCUT2D eigenvalue weighted by atomic mass is 10.1. The Morgan fingerprint density at radius 3 is 2.67 bits per heavy atom. The van der Waals surface area contributed by atoms with E-state index in [9.17, 15) is 17.4 Å². The molecule has 3 N–H and O–H groups in total. The minimum Gasteiger partial charge on any atom is -0.345 e. The van der Waals surface area contributed by atoms with Crippen molar-refractivity contribution in [2.24, 2.45) is 4.99 Å². The van der Waals surface area contributed by atoms with Crippen molar-refractivity contribution in [2.75, 3.05) is 11.1 Å². The van der Waals surface area contributed by atoms with E-state index in [-0.39, 0.29) is 27.8 Å². The first-order valence-electron chi connectivity index (χ1n) is 8.27. The van der Waals surface area contributed by atoms with E-state index >= 15 is 0 Å². The molecule has 6 nitrogen and oxygen atoms in total. The van der Waals surface area contributed by atoms with Crippen LogP contribution in [0.2, 0.25) is 0 Å². The maximum Gasteiger partial charge on any atom is 0.433 e. The first-order chi connectivity index (χ1) is 12.6. The third-order valence-corrected chi connectivity index (χ3v) is 6.11. The molecule has 1 aliphatic heterocycles. The van der Waals surface area contributed by atoms with Gasteiger partial charge >= 0.3 is 6.18 Å². The first kappa shape index (κ1) is 19.3. The highest BCUT2D eigenvalue weighted by Gasteiger charge is 2.35. The van der Waals surface area contributed by atoms with Crippen LogP contribution in [0.15, 0.2) is 45.7 Å². The number of nitrogens with zero attached hydrogens (tertiary/aromatic N) is 2. The fourth-order valence-corrected chi connectivity index (χ4v) is 3.56. The summed E-state index contributed by atoms with van der Waals surface area (Å²) in [5.74, 6) is 0.684. The van der Waals surface area contributed by atoms with Gasteiger partial charge in [-0.1, -0.05) is 6.92 Å². The molecule has 1 atom stereocenters. The molecule has 1 aliphatic carbocycles. The van der Waals surface area contributed by atoms with Crippen LogP contribution >= 0.6 is 0 Å². The topological polar surface area (TPSA) is 102 Å². The van der Waals surface area contributed by atoms with Gasteiger partial charge in [-0.2, -0.15) is 13.2 Å². The maximum absolute atomic E-state index is 12.6. The van der Waals surface area contributed by atoms with Crippen LogP contribution in [0.3, 0.4) is 0 Å². The molecule has 2 heterocycles. The van der Waals surface area contributed by atoms with E-state index in [1.165, 1.54) is 6.20 Å². The number of rotatable bonds is 5. The summed E-state index contributed by atoms with van der Waals surface area (Å²) in [5.41, 5.74) is -0.447. The summed E-state index contributed by atoms with van der Waals surface area (Å²) in [4.78, 5) is 7.84. The quantitative estimate of drug-likeness (QED) is 0.693. The normalized spacial score (nSPS) is 21.1. The van der Waals surface area contributed by atoms with Crippen LogP contribution in [-0.4, -0.2) is 33.0 Å². The zero-order chi connectivity index (χ0) is 19.8. The molecule has 3 rings (SSSR count). The van der Waals surface area contributed by atoms with Crippen molar-refractivity contribution in [3.8, 4) is 0 Å². The average molecular weight is 397 g/mol. The van der Waals surface area contributed by atoms with Crippen molar-refractivity contribution < 1.29 is 17.4 Å². The van der Waals surface area contributed by atoms with Gasteiger partial charge in [-0.15, -0.1) is 0 Å². The number of allylic oxidation sites excluding steroid dienone is 3. The Morgan fingerprint density at radius 1 is 1.41 bits per heavy atom. The molecule has 0 aromatic carbocycles. The van der Waals surface area contributed by atoms with Crippen molar-refractivity contribution in [1.82, 2.24) is 4.98 Å². The number of hydrogen-bond acceptors (Lipinski definition) is 6. The number of pyridine rings is 1. The molecule has 1 unspecified atom stereocenters. The van der Waals surface area contributed by atoms with E-state index in [0.29, 0.717) is 12.0 Å². The summed E-state index contributed by atoms with van der Waals surface area (Å²) in [6.45, 7) is 1.65. The Labute approximate surface area is 154 Å². The predicted molar refractivity (Wildman–Crippen MR) is 97.9 cm³/mol. The monoisotopic (exact) mass is 397 g/mol. The second kappa shape index (κ2) is 6.91. The number of halogens is 3. The number of aromatic nitrogens is 1. The SMILES string of the molecule is CCS(=N)(=O)c1cc(C2CC2)cnc1N/C=C1/C=NC(C(F)(F)F)=CC1=N. The summed E-state index contributed by atoms with van der Waals surface area (Å²) < 4.78 is 58.6. The van der Waals surface area contributed by atoms with Crippen molar-refractivity contribution in [2.45, 2.75) is 36.8 Å². The van der Waals surface area contributed by atoms with Gasteiger partial charge in [0.15, 0.2) is 0 Å². The highest BCUT2D eigenvalue weighted by molar-refractivity contribution is 7.92. The number of anilines is 1. The predicted octanol–water partition coefficient (Wildman–Crippen LogP) is 4.23. The van der Waals surface area contributed by atoms with Crippen molar-refractivity contribution in [3.05, 3.63) is 41.4 Å². The van der Waals surface area contributed by atoms with E-state index in [1.54, 1.807) is 19.2 Å². The highest BCUT2D eigenvalue weighted by Crippen LogP contribution is 2.41. The average Bonchev–Trinajstić information content (AvgIpc) is 3.45. The summed E-state index contributed by atoms with van der Waals surface area (Å²) in [6.07, 6.45) is 1.95. The van der Waals surface area contributed by atoms with E-state index < -0.39 is 21.6 Å². The van der Waals surface area contributed by atoms with Gasteiger partial charge in [-0.05, 0) is 36.5 Å². The van der Waals surface area contributed by atoms with Gasteiger partial charge in [-0.3, -0.25) is 4.99 Å². The van der Waals surface area contributed by atoms with Crippen LogP contribution in [0.5, 0.6) is 0 Å². The fourth-order valence-electron chi connectivity index (χ4n) is 2.50. The van der Waals surface area contributed by atoms with E-state index in [2.05, 4.69) is 15.3 Å². The van der Waals surface area contributed by atoms with E-state index in [4.69, 9.17) is 10.2 Å². The molecule has 0 bridgehead atoms. The third kappa shape index (κ3) is 4.26. The van der Waals surface area contributed by atoms with Gasteiger partial charge in [0.25, 0.3) is 0 Å². The van der Waals surface area contributed by atoms with Gasteiger partial charge in [0.05, 0.1) is 20.3 Å². The van der Waals surface area contributed by atoms with Crippen LogP contribution < -0.4 is 5.32 Å². The van der Waals surface area contributed by atoms with E-state index in [0.717, 1.165) is 24.6 Å². The molecule has 10 heteroatoms. The Balaban J connectivity index is 1.88. The number of alkyl halides is 3. The van der Waals surface area contributed by atoms with E-state index in [1.807, 2.05) is 0 Å². The van der Waals surface area contributed by atoms with Crippen LogP contribution in [0.1, 0.15) is 31.2 Å². The van der Waals surface area contributed by atoms with Crippen LogP contribution in [0.4, 0.5) is 19.0 Å². The Bertz CT molecular complexity index is 973. The molecule has 1 fully saturated rings. The molecular weight excluding hydrogens is 379 g/mol. The number of hydrogen-bond donors (Lipinski definition) is 3. The van der Waals surface area contributed by atoms with Crippen LogP contribution in [0.25, 0.3) is 0 Å². The van der Waals surface area contributed by atoms with Gasteiger partial charge in [-0.25, -0.2) is 14.0 Å². The van der Waals surface area contributed by atoms with Gasteiger partial charge < -0.3 is 10.7 Å². The molecular formula is C17H18F3N5OS. The van der Waals surface area contributed by atoms with Crippen molar-refractivity contribution in [1.29, 1.82) is 10.2 Å². The first-order valence-corrected chi connectivity index (χ1v) is 9.99. The third-order valence-electron chi connectivity index (χ3n) is 4.27. The second-order valence-electron chi connectivity index (χ2n) is 6.30. The van der Waals surface area contributed by atoms with Gasteiger partial charge in [0, 0.05) is 29.9 Å². The smallest absolute Gasteiger partial charge is 0.345 e. The lowest BCUT2D eigenvalue weighted by Crippen LogP contribution is -2.17. The van der Waals surface area contributed by atoms with Crippen molar-refractivity contribution >= 4 is 27.5 Å². The molecule has 144 valence electrons. The Hall–Kier alpha value is -2.49. The fraction of sp³-hybridized carbons (Fsp3) is 0.353. The van der Waals surface area contributed by atoms with Gasteiger partial charge in [0.1, 0.15) is 11.5 Å².